The van der Waals surface area contributed by atoms with E-state index in [0.717, 1.165) is 22.3 Å². The van der Waals surface area contributed by atoms with Crippen molar-refractivity contribution in [3.05, 3.63) is 29.6 Å². The van der Waals surface area contributed by atoms with Crippen LogP contribution >= 0.6 is 0 Å². The van der Waals surface area contributed by atoms with Gasteiger partial charge in [0.05, 0.1) is 11.2 Å². The van der Waals surface area contributed by atoms with Crippen LogP contribution < -0.4 is 5.73 Å². The first-order valence-corrected chi connectivity index (χ1v) is 6.06. The van der Waals surface area contributed by atoms with Crippen molar-refractivity contribution >= 4 is 16.7 Å². The van der Waals surface area contributed by atoms with Gasteiger partial charge in [0.15, 0.2) is 0 Å². The molecule has 3 heteroatoms. The Morgan fingerprint density at radius 1 is 1.00 bits per heavy atom. The second kappa shape index (κ2) is 4.32. The predicted molar refractivity (Wildman–Crippen MR) is 72.1 cm³/mol. The monoisotopic (exact) mass is 229 g/mol. The number of anilines is 1. The Labute approximate surface area is 102 Å². The van der Waals surface area contributed by atoms with Gasteiger partial charge in [0.1, 0.15) is 5.82 Å². The molecule has 17 heavy (non-hydrogen) atoms. The summed E-state index contributed by atoms with van der Waals surface area (Å²) < 4.78 is 0. The van der Waals surface area contributed by atoms with Gasteiger partial charge in [0, 0.05) is 11.1 Å². The molecular formula is C14H19N3. The van der Waals surface area contributed by atoms with E-state index in [0.29, 0.717) is 17.7 Å². The number of nitrogen functional groups attached to an aromatic ring is 1. The molecule has 2 aromatic heterocycles. The quantitative estimate of drug-likeness (QED) is 0.858. The van der Waals surface area contributed by atoms with Gasteiger partial charge in [-0.15, -0.1) is 0 Å². The molecule has 0 bridgehead atoms. The average Bonchev–Trinajstić information content (AvgIpc) is 2.27. The van der Waals surface area contributed by atoms with Gasteiger partial charge in [-0.05, 0) is 30.0 Å². The molecule has 3 nitrogen and oxygen atoms in total. The SMILES string of the molecule is CC(C)c1cc2ccc(N)nc2c(C(C)C)n1. The molecule has 0 atom stereocenters. The van der Waals surface area contributed by atoms with Crippen LogP contribution in [-0.4, -0.2) is 9.97 Å². The molecule has 2 rings (SSSR count). The van der Waals surface area contributed by atoms with Crippen LogP contribution in [0, 0.1) is 0 Å². The van der Waals surface area contributed by atoms with E-state index < -0.39 is 0 Å². The van der Waals surface area contributed by atoms with Gasteiger partial charge in [-0.2, -0.15) is 0 Å². The Balaban J connectivity index is 2.76. The highest BCUT2D eigenvalue weighted by molar-refractivity contribution is 5.82. The van der Waals surface area contributed by atoms with Crippen molar-refractivity contribution in [3.63, 3.8) is 0 Å². The zero-order valence-electron chi connectivity index (χ0n) is 10.9. The van der Waals surface area contributed by atoms with Crippen LogP contribution in [0.5, 0.6) is 0 Å². The van der Waals surface area contributed by atoms with Crippen molar-refractivity contribution in [1.29, 1.82) is 0 Å². The van der Waals surface area contributed by atoms with Crippen molar-refractivity contribution < 1.29 is 0 Å². The van der Waals surface area contributed by atoms with E-state index in [1.807, 2.05) is 12.1 Å². The molecule has 0 unspecified atom stereocenters. The fraction of sp³-hybridized carbons (Fsp3) is 0.429. The van der Waals surface area contributed by atoms with E-state index in [1.165, 1.54) is 0 Å². The molecule has 0 saturated heterocycles. The Morgan fingerprint density at radius 2 is 1.71 bits per heavy atom. The molecule has 0 spiro atoms. The van der Waals surface area contributed by atoms with Crippen LogP contribution in [0.25, 0.3) is 10.9 Å². The van der Waals surface area contributed by atoms with Gasteiger partial charge in [0.25, 0.3) is 0 Å². The molecule has 0 radical (unpaired) electrons. The lowest BCUT2D eigenvalue weighted by molar-refractivity contribution is 0.772. The fourth-order valence-electron chi connectivity index (χ4n) is 1.89. The average molecular weight is 229 g/mol. The second-order valence-electron chi connectivity index (χ2n) is 5.05. The Bertz CT molecular complexity index is 544. The highest BCUT2D eigenvalue weighted by Gasteiger charge is 2.12. The number of nitrogens with zero attached hydrogens (tertiary/aromatic N) is 2. The highest BCUT2D eigenvalue weighted by Crippen LogP contribution is 2.26. The third-order valence-electron chi connectivity index (χ3n) is 2.88. The molecule has 2 aromatic rings. The summed E-state index contributed by atoms with van der Waals surface area (Å²) in [4.78, 5) is 9.14. The van der Waals surface area contributed by atoms with Gasteiger partial charge < -0.3 is 5.73 Å². The number of nitrogens with two attached hydrogens (primary N) is 1. The van der Waals surface area contributed by atoms with E-state index in [-0.39, 0.29) is 0 Å². The lowest BCUT2D eigenvalue weighted by Crippen LogP contribution is -2.03. The molecule has 2 heterocycles. The molecule has 0 aromatic carbocycles. The first-order valence-electron chi connectivity index (χ1n) is 6.06. The number of hydrogen-bond donors (Lipinski definition) is 1. The van der Waals surface area contributed by atoms with Crippen molar-refractivity contribution in [2.45, 2.75) is 39.5 Å². The number of aromatic nitrogens is 2. The van der Waals surface area contributed by atoms with Crippen LogP contribution in [-0.2, 0) is 0 Å². The highest BCUT2D eigenvalue weighted by atomic mass is 14.9. The van der Waals surface area contributed by atoms with Gasteiger partial charge in [-0.1, -0.05) is 27.7 Å². The number of fused-ring (bicyclic) bond motifs is 1. The zero-order chi connectivity index (χ0) is 12.6. The Morgan fingerprint density at radius 3 is 2.29 bits per heavy atom. The molecule has 0 aliphatic heterocycles. The van der Waals surface area contributed by atoms with Crippen molar-refractivity contribution in [3.8, 4) is 0 Å². The maximum absolute atomic E-state index is 5.75. The maximum Gasteiger partial charge on any atom is 0.124 e. The van der Waals surface area contributed by atoms with Crippen LogP contribution in [0.2, 0.25) is 0 Å². The minimum Gasteiger partial charge on any atom is -0.384 e. The lowest BCUT2D eigenvalue weighted by atomic mass is 10.0. The van der Waals surface area contributed by atoms with Crippen LogP contribution in [0.1, 0.15) is 50.9 Å². The van der Waals surface area contributed by atoms with Gasteiger partial charge in [0.2, 0.25) is 0 Å². The molecule has 0 aliphatic rings. The summed E-state index contributed by atoms with van der Waals surface area (Å²) in [6, 6.07) is 5.98. The largest absolute Gasteiger partial charge is 0.384 e. The van der Waals surface area contributed by atoms with E-state index >= 15 is 0 Å². The summed E-state index contributed by atoms with van der Waals surface area (Å²) in [5.74, 6) is 1.33. The maximum atomic E-state index is 5.75. The number of hydrogen-bond acceptors (Lipinski definition) is 3. The second-order valence-corrected chi connectivity index (χ2v) is 5.05. The third kappa shape index (κ3) is 2.23. The standard InChI is InChI=1S/C14H19N3/c1-8(2)11-7-10-5-6-12(15)17-14(10)13(16-11)9(3)4/h5-9H,1-4H3,(H2,15,17). The summed E-state index contributed by atoms with van der Waals surface area (Å²) in [6.07, 6.45) is 0. The topological polar surface area (TPSA) is 51.8 Å². The van der Waals surface area contributed by atoms with Crippen LogP contribution in [0.15, 0.2) is 18.2 Å². The Hall–Kier alpha value is -1.64. The predicted octanol–water partition coefficient (Wildman–Crippen LogP) is 3.46. The van der Waals surface area contributed by atoms with Crippen molar-refractivity contribution in [2.75, 3.05) is 5.73 Å². The molecule has 0 fully saturated rings. The Kier molecular flexibility index (Phi) is 3.01. The minimum atomic E-state index is 0.352. The smallest absolute Gasteiger partial charge is 0.124 e. The number of rotatable bonds is 2. The van der Waals surface area contributed by atoms with Crippen LogP contribution in [0.4, 0.5) is 5.82 Å². The first kappa shape index (κ1) is 11.8. The van der Waals surface area contributed by atoms with Crippen molar-refractivity contribution in [1.82, 2.24) is 9.97 Å². The van der Waals surface area contributed by atoms with Gasteiger partial charge in [-0.25, -0.2) is 4.98 Å². The normalized spacial score (nSPS) is 11.6. The molecule has 0 saturated carbocycles. The molecular weight excluding hydrogens is 210 g/mol. The zero-order valence-corrected chi connectivity index (χ0v) is 10.9. The van der Waals surface area contributed by atoms with E-state index in [4.69, 9.17) is 10.7 Å². The summed E-state index contributed by atoms with van der Waals surface area (Å²) in [7, 11) is 0. The van der Waals surface area contributed by atoms with Crippen LogP contribution in [0.3, 0.4) is 0 Å². The van der Waals surface area contributed by atoms with E-state index in [1.54, 1.807) is 0 Å². The first-order chi connectivity index (χ1) is 7.99. The van der Waals surface area contributed by atoms with Crippen molar-refractivity contribution in [2.24, 2.45) is 0 Å². The van der Waals surface area contributed by atoms with E-state index in [2.05, 4.69) is 38.7 Å². The third-order valence-corrected chi connectivity index (χ3v) is 2.88. The molecule has 2 N–H and O–H groups in total. The molecule has 0 aliphatic carbocycles. The fourth-order valence-corrected chi connectivity index (χ4v) is 1.89. The minimum absolute atomic E-state index is 0.352. The van der Waals surface area contributed by atoms with E-state index in [9.17, 15) is 0 Å². The molecule has 90 valence electrons. The summed E-state index contributed by atoms with van der Waals surface area (Å²) in [5.41, 5.74) is 8.85. The summed E-state index contributed by atoms with van der Waals surface area (Å²) >= 11 is 0. The molecule has 0 amide bonds. The number of pyridine rings is 2. The van der Waals surface area contributed by atoms with Gasteiger partial charge in [-0.3, -0.25) is 4.98 Å². The summed E-state index contributed by atoms with van der Waals surface area (Å²) in [5, 5.41) is 1.13. The summed E-state index contributed by atoms with van der Waals surface area (Å²) in [6.45, 7) is 8.58. The van der Waals surface area contributed by atoms with Gasteiger partial charge >= 0.3 is 0 Å². The lowest BCUT2D eigenvalue weighted by Gasteiger charge is -2.13.